The Morgan fingerprint density at radius 2 is 2.27 bits per heavy atom. The molecule has 0 aromatic carbocycles. The van der Waals surface area contributed by atoms with Gasteiger partial charge in [-0.05, 0) is 25.3 Å². The first-order valence-corrected chi connectivity index (χ1v) is 4.72. The lowest BCUT2D eigenvalue weighted by molar-refractivity contribution is 0.603. The summed E-state index contributed by atoms with van der Waals surface area (Å²) < 4.78 is 21.5. The largest absolute Gasteiger partial charge is 0.385 e. The SMILES string of the molecule is CC1C=C(S(N)(=O)=O)C=CN1. The van der Waals surface area contributed by atoms with Crippen LogP contribution in [0.3, 0.4) is 0 Å². The summed E-state index contributed by atoms with van der Waals surface area (Å²) in [5, 5.41) is 7.80. The lowest BCUT2D eigenvalue weighted by Crippen LogP contribution is -2.25. The molecule has 0 radical (unpaired) electrons. The van der Waals surface area contributed by atoms with Gasteiger partial charge in [0.05, 0.1) is 4.91 Å². The minimum Gasteiger partial charge on any atom is -0.385 e. The highest BCUT2D eigenvalue weighted by molar-refractivity contribution is 7.93. The fraction of sp³-hybridized carbons (Fsp3) is 0.333. The van der Waals surface area contributed by atoms with Gasteiger partial charge in [-0.25, -0.2) is 13.6 Å². The molecule has 1 unspecified atom stereocenters. The van der Waals surface area contributed by atoms with Gasteiger partial charge >= 0.3 is 0 Å². The van der Waals surface area contributed by atoms with Crippen molar-refractivity contribution in [1.29, 1.82) is 0 Å². The molecule has 0 bridgehead atoms. The van der Waals surface area contributed by atoms with Gasteiger partial charge in [0, 0.05) is 6.04 Å². The molecule has 0 spiro atoms. The van der Waals surface area contributed by atoms with Crippen molar-refractivity contribution < 1.29 is 8.42 Å². The maximum absolute atomic E-state index is 10.8. The van der Waals surface area contributed by atoms with E-state index >= 15 is 0 Å². The lowest BCUT2D eigenvalue weighted by Gasteiger charge is -2.12. The molecule has 1 rings (SSSR count). The molecule has 0 aromatic rings. The van der Waals surface area contributed by atoms with Gasteiger partial charge in [-0.1, -0.05) is 0 Å². The van der Waals surface area contributed by atoms with Crippen LogP contribution >= 0.6 is 0 Å². The van der Waals surface area contributed by atoms with Crippen molar-refractivity contribution in [2.45, 2.75) is 13.0 Å². The Kier molecular flexibility index (Phi) is 2.01. The van der Waals surface area contributed by atoms with E-state index in [-0.39, 0.29) is 10.9 Å². The highest BCUT2D eigenvalue weighted by atomic mass is 32.2. The summed E-state index contributed by atoms with van der Waals surface area (Å²) in [6.07, 6.45) is 4.58. The lowest BCUT2D eigenvalue weighted by atomic mass is 10.2. The van der Waals surface area contributed by atoms with Crippen molar-refractivity contribution in [2.75, 3.05) is 0 Å². The first-order valence-electron chi connectivity index (χ1n) is 3.17. The Morgan fingerprint density at radius 1 is 1.64 bits per heavy atom. The Labute approximate surface area is 65.8 Å². The van der Waals surface area contributed by atoms with E-state index in [0.29, 0.717) is 0 Å². The molecule has 0 saturated heterocycles. The zero-order valence-electron chi connectivity index (χ0n) is 6.11. The van der Waals surface area contributed by atoms with Crippen LogP contribution in [-0.2, 0) is 10.0 Å². The van der Waals surface area contributed by atoms with Crippen LogP contribution in [-0.4, -0.2) is 14.5 Å². The third-order valence-corrected chi connectivity index (χ3v) is 2.28. The summed E-state index contributed by atoms with van der Waals surface area (Å²) >= 11 is 0. The highest BCUT2D eigenvalue weighted by Gasteiger charge is 2.12. The summed E-state index contributed by atoms with van der Waals surface area (Å²) in [4.78, 5) is 0.170. The predicted octanol–water partition coefficient (Wildman–Crippen LogP) is -0.336. The van der Waals surface area contributed by atoms with E-state index in [9.17, 15) is 8.42 Å². The second-order valence-electron chi connectivity index (χ2n) is 2.40. The van der Waals surface area contributed by atoms with E-state index in [1.165, 1.54) is 6.08 Å². The number of allylic oxidation sites excluding steroid dienone is 1. The molecular formula is C6H10N2O2S. The van der Waals surface area contributed by atoms with Gasteiger partial charge in [0.15, 0.2) is 0 Å². The zero-order valence-corrected chi connectivity index (χ0v) is 6.93. The molecule has 0 saturated carbocycles. The minimum absolute atomic E-state index is 0.0216. The van der Waals surface area contributed by atoms with Crippen molar-refractivity contribution in [3.05, 3.63) is 23.3 Å². The van der Waals surface area contributed by atoms with Gasteiger partial charge in [-0.3, -0.25) is 0 Å². The monoisotopic (exact) mass is 174 g/mol. The number of sulfonamides is 1. The van der Waals surface area contributed by atoms with Crippen LogP contribution in [0, 0.1) is 0 Å². The first kappa shape index (κ1) is 8.29. The highest BCUT2D eigenvalue weighted by Crippen LogP contribution is 2.08. The smallest absolute Gasteiger partial charge is 0.237 e. The van der Waals surface area contributed by atoms with Crippen LogP contribution in [0.2, 0.25) is 0 Å². The third kappa shape index (κ3) is 2.06. The number of dihydropyridines is 1. The molecule has 0 aromatic heterocycles. The fourth-order valence-corrected chi connectivity index (χ4v) is 1.47. The number of rotatable bonds is 1. The summed E-state index contributed by atoms with van der Waals surface area (Å²) in [6, 6.07) is 0.0216. The molecule has 1 aliphatic heterocycles. The molecular weight excluding hydrogens is 164 g/mol. The van der Waals surface area contributed by atoms with Crippen molar-refractivity contribution in [2.24, 2.45) is 5.14 Å². The molecule has 62 valence electrons. The van der Waals surface area contributed by atoms with Crippen LogP contribution in [0.4, 0.5) is 0 Å². The average molecular weight is 174 g/mol. The van der Waals surface area contributed by atoms with E-state index < -0.39 is 10.0 Å². The van der Waals surface area contributed by atoms with Crippen molar-refractivity contribution in [3.8, 4) is 0 Å². The number of primary sulfonamides is 1. The second kappa shape index (κ2) is 2.67. The molecule has 0 aliphatic carbocycles. The van der Waals surface area contributed by atoms with E-state index in [1.54, 1.807) is 12.3 Å². The molecule has 0 fully saturated rings. The number of nitrogens with one attached hydrogen (secondary N) is 1. The topological polar surface area (TPSA) is 72.2 Å². The van der Waals surface area contributed by atoms with Crippen LogP contribution in [0.25, 0.3) is 0 Å². The first-order chi connectivity index (χ1) is 5.00. The zero-order chi connectivity index (χ0) is 8.48. The van der Waals surface area contributed by atoms with Gasteiger partial charge in [-0.15, -0.1) is 0 Å². The van der Waals surface area contributed by atoms with Crippen LogP contribution in [0.1, 0.15) is 6.92 Å². The molecule has 3 N–H and O–H groups in total. The molecule has 1 aliphatic rings. The fourth-order valence-electron chi connectivity index (χ4n) is 0.822. The Hall–Kier alpha value is -0.810. The maximum atomic E-state index is 10.8. The summed E-state index contributed by atoms with van der Waals surface area (Å²) in [5.74, 6) is 0. The molecule has 0 amide bonds. The van der Waals surface area contributed by atoms with Crippen LogP contribution in [0.15, 0.2) is 23.3 Å². The summed E-state index contributed by atoms with van der Waals surface area (Å²) in [7, 11) is -3.52. The second-order valence-corrected chi connectivity index (χ2v) is 3.96. The Bertz CT molecular complexity index is 303. The molecule has 11 heavy (non-hydrogen) atoms. The average Bonchev–Trinajstić information content (AvgIpc) is 1.86. The summed E-state index contributed by atoms with van der Waals surface area (Å²) in [6.45, 7) is 1.84. The molecule has 4 nitrogen and oxygen atoms in total. The third-order valence-electron chi connectivity index (χ3n) is 1.35. The van der Waals surface area contributed by atoms with E-state index in [4.69, 9.17) is 5.14 Å². The number of nitrogens with two attached hydrogens (primary N) is 1. The number of hydrogen-bond acceptors (Lipinski definition) is 3. The summed E-state index contributed by atoms with van der Waals surface area (Å²) in [5.41, 5.74) is 0. The van der Waals surface area contributed by atoms with Crippen LogP contribution < -0.4 is 10.5 Å². The van der Waals surface area contributed by atoms with Crippen molar-refractivity contribution >= 4 is 10.0 Å². The maximum Gasteiger partial charge on any atom is 0.237 e. The van der Waals surface area contributed by atoms with Gasteiger partial charge in [0.2, 0.25) is 10.0 Å². The van der Waals surface area contributed by atoms with E-state index in [1.807, 2.05) is 6.92 Å². The number of hydrogen-bond donors (Lipinski definition) is 2. The molecule has 1 atom stereocenters. The Balaban J connectivity index is 2.98. The Morgan fingerprint density at radius 3 is 2.64 bits per heavy atom. The van der Waals surface area contributed by atoms with Gasteiger partial charge in [0.25, 0.3) is 0 Å². The molecule has 1 heterocycles. The van der Waals surface area contributed by atoms with Crippen molar-refractivity contribution in [1.82, 2.24) is 5.32 Å². The van der Waals surface area contributed by atoms with Crippen LogP contribution in [0.5, 0.6) is 0 Å². The van der Waals surface area contributed by atoms with Gasteiger partial charge in [0.1, 0.15) is 0 Å². The van der Waals surface area contributed by atoms with E-state index in [2.05, 4.69) is 5.32 Å². The standard InChI is InChI=1S/C6H10N2O2S/c1-5-4-6(2-3-8-5)11(7,9)10/h2-5,8H,1H3,(H2,7,9,10). The normalized spacial score (nSPS) is 24.2. The molecule has 5 heteroatoms. The quantitative estimate of drug-likeness (QED) is 0.571. The predicted molar refractivity (Wildman–Crippen MR) is 42.9 cm³/mol. The van der Waals surface area contributed by atoms with Gasteiger partial charge in [-0.2, -0.15) is 0 Å². The van der Waals surface area contributed by atoms with E-state index in [0.717, 1.165) is 0 Å². The minimum atomic E-state index is -3.52. The van der Waals surface area contributed by atoms with Crippen molar-refractivity contribution in [3.63, 3.8) is 0 Å². The van der Waals surface area contributed by atoms with Gasteiger partial charge < -0.3 is 5.32 Å².